The molecule has 1 aliphatic carbocycles. The summed E-state index contributed by atoms with van der Waals surface area (Å²) in [4.78, 5) is 26.1. The molecule has 0 aromatic rings. The number of amides is 2. The molecule has 114 valence electrons. The molecule has 0 atom stereocenters. The average Bonchev–Trinajstić information content (AvgIpc) is 2.41. The summed E-state index contributed by atoms with van der Waals surface area (Å²) in [5, 5.41) is 3.03. The van der Waals surface area contributed by atoms with Gasteiger partial charge in [-0.2, -0.15) is 0 Å². The van der Waals surface area contributed by atoms with Gasteiger partial charge in [0.25, 0.3) is 0 Å². The fourth-order valence-corrected chi connectivity index (χ4v) is 3.01. The van der Waals surface area contributed by atoms with Gasteiger partial charge < -0.3 is 10.2 Å². The van der Waals surface area contributed by atoms with Crippen molar-refractivity contribution in [2.24, 2.45) is 11.8 Å². The van der Waals surface area contributed by atoms with Gasteiger partial charge in [0.15, 0.2) is 0 Å². The van der Waals surface area contributed by atoms with Gasteiger partial charge in [0.2, 0.25) is 11.8 Å². The Balaban J connectivity index is 1.65. The van der Waals surface area contributed by atoms with Crippen molar-refractivity contribution in [3.05, 3.63) is 0 Å². The summed E-state index contributed by atoms with van der Waals surface area (Å²) in [7, 11) is 0. The minimum atomic E-state index is 0.113. The van der Waals surface area contributed by atoms with Crippen LogP contribution in [-0.4, -0.2) is 36.3 Å². The average molecular weight is 280 g/mol. The lowest BCUT2D eigenvalue weighted by Crippen LogP contribution is -2.46. The molecule has 2 aliphatic rings. The van der Waals surface area contributed by atoms with Crippen LogP contribution in [-0.2, 0) is 9.59 Å². The molecule has 1 saturated heterocycles. The minimum absolute atomic E-state index is 0.113. The fourth-order valence-electron chi connectivity index (χ4n) is 3.01. The lowest BCUT2D eigenvalue weighted by Gasteiger charge is -2.36. The molecule has 0 aromatic carbocycles. The predicted octanol–water partition coefficient (Wildman–Crippen LogP) is 2.33. The molecule has 1 heterocycles. The maximum atomic E-state index is 12.1. The Bertz CT molecular complexity index is 331. The Morgan fingerprint density at radius 2 is 1.75 bits per heavy atom. The van der Waals surface area contributed by atoms with Crippen molar-refractivity contribution in [2.45, 2.75) is 58.3 Å². The van der Waals surface area contributed by atoms with E-state index in [2.05, 4.69) is 12.2 Å². The van der Waals surface area contributed by atoms with Gasteiger partial charge in [0, 0.05) is 31.5 Å². The predicted molar refractivity (Wildman–Crippen MR) is 79.2 cm³/mol. The Kier molecular flexibility index (Phi) is 5.86. The molecule has 0 aromatic heterocycles. The molecule has 0 radical (unpaired) electrons. The molecular formula is C16H28N2O2. The molecular weight excluding hydrogens is 252 g/mol. The summed E-state index contributed by atoms with van der Waals surface area (Å²) in [6.45, 7) is 4.50. The Morgan fingerprint density at radius 3 is 2.30 bits per heavy atom. The monoisotopic (exact) mass is 280 g/mol. The Labute approximate surface area is 122 Å². The van der Waals surface area contributed by atoms with E-state index >= 15 is 0 Å². The van der Waals surface area contributed by atoms with E-state index in [4.69, 9.17) is 0 Å². The molecule has 4 heteroatoms. The molecule has 1 N–H and O–H groups in total. The molecule has 4 nitrogen and oxygen atoms in total. The van der Waals surface area contributed by atoms with Crippen LogP contribution in [0.25, 0.3) is 0 Å². The number of rotatable bonds is 6. The van der Waals surface area contributed by atoms with Gasteiger partial charge in [-0.05, 0) is 32.1 Å². The van der Waals surface area contributed by atoms with E-state index in [9.17, 15) is 9.59 Å². The van der Waals surface area contributed by atoms with E-state index in [1.54, 1.807) is 0 Å². The highest BCUT2D eigenvalue weighted by Gasteiger charge is 2.33. The zero-order valence-electron chi connectivity index (χ0n) is 12.7. The van der Waals surface area contributed by atoms with Crippen LogP contribution in [0.3, 0.4) is 0 Å². The van der Waals surface area contributed by atoms with Crippen molar-refractivity contribution in [2.75, 3.05) is 19.6 Å². The van der Waals surface area contributed by atoms with Crippen LogP contribution in [0.1, 0.15) is 58.3 Å². The van der Waals surface area contributed by atoms with Crippen LogP contribution in [0.15, 0.2) is 0 Å². The summed E-state index contributed by atoms with van der Waals surface area (Å²) in [6.07, 6.45) is 8.42. The third kappa shape index (κ3) is 3.97. The topological polar surface area (TPSA) is 49.4 Å². The molecule has 0 spiro atoms. The van der Waals surface area contributed by atoms with Crippen LogP contribution in [0.4, 0.5) is 0 Å². The second kappa shape index (κ2) is 7.65. The Morgan fingerprint density at radius 1 is 1.05 bits per heavy atom. The summed E-state index contributed by atoms with van der Waals surface area (Å²) >= 11 is 0. The number of carbonyl (C=O) groups excluding carboxylic acids is 2. The van der Waals surface area contributed by atoms with Crippen molar-refractivity contribution >= 4 is 11.8 Å². The van der Waals surface area contributed by atoms with Crippen LogP contribution in [0.2, 0.25) is 0 Å². The largest absolute Gasteiger partial charge is 0.356 e. The van der Waals surface area contributed by atoms with Gasteiger partial charge in [0.05, 0.1) is 0 Å². The quantitative estimate of drug-likeness (QED) is 0.759. The normalized spacial score (nSPS) is 20.6. The van der Waals surface area contributed by atoms with Crippen molar-refractivity contribution in [1.29, 1.82) is 0 Å². The molecule has 0 bridgehead atoms. The molecule has 2 fully saturated rings. The lowest BCUT2D eigenvalue weighted by molar-refractivity contribution is -0.141. The number of hydrogen-bond donors (Lipinski definition) is 1. The van der Waals surface area contributed by atoms with Crippen LogP contribution >= 0.6 is 0 Å². The van der Waals surface area contributed by atoms with Gasteiger partial charge in [-0.25, -0.2) is 0 Å². The SMILES string of the molecule is CCCCCNC(=O)C1CCN(C(=O)C2CCC2)CC1. The van der Waals surface area contributed by atoms with E-state index in [-0.39, 0.29) is 17.7 Å². The molecule has 1 aliphatic heterocycles. The molecule has 1 saturated carbocycles. The first-order chi connectivity index (χ1) is 9.72. The lowest BCUT2D eigenvalue weighted by atomic mass is 9.83. The van der Waals surface area contributed by atoms with E-state index in [1.165, 1.54) is 19.3 Å². The number of unbranched alkanes of at least 4 members (excludes halogenated alkanes) is 2. The summed E-state index contributed by atoms with van der Waals surface area (Å²) in [5.74, 6) is 0.923. The van der Waals surface area contributed by atoms with Gasteiger partial charge in [0.1, 0.15) is 0 Å². The number of nitrogens with zero attached hydrogens (tertiary/aromatic N) is 1. The molecule has 20 heavy (non-hydrogen) atoms. The summed E-state index contributed by atoms with van der Waals surface area (Å²) in [6, 6.07) is 0. The number of piperidine rings is 1. The number of hydrogen-bond acceptors (Lipinski definition) is 2. The van der Waals surface area contributed by atoms with Gasteiger partial charge >= 0.3 is 0 Å². The van der Waals surface area contributed by atoms with Gasteiger partial charge in [-0.1, -0.05) is 26.2 Å². The number of carbonyl (C=O) groups is 2. The highest BCUT2D eigenvalue weighted by Crippen LogP contribution is 2.30. The van der Waals surface area contributed by atoms with Crippen molar-refractivity contribution in [3.63, 3.8) is 0 Å². The van der Waals surface area contributed by atoms with E-state index < -0.39 is 0 Å². The molecule has 2 amide bonds. The molecule has 0 unspecified atom stereocenters. The highest BCUT2D eigenvalue weighted by atomic mass is 16.2. The maximum Gasteiger partial charge on any atom is 0.225 e. The first-order valence-corrected chi connectivity index (χ1v) is 8.29. The first kappa shape index (κ1) is 15.3. The third-order valence-electron chi connectivity index (χ3n) is 4.71. The van der Waals surface area contributed by atoms with E-state index in [0.717, 1.165) is 51.7 Å². The van der Waals surface area contributed by atoms with E-state index in [0.29, 0.717) is 5.91 Å². The van der Waals surface area contributed by atoms with Gasteiger partial charge in [-0.3, -0.25) is 9.59 Å². The van der Waals surface area contributed by atoms with Crippen molar-refractivity contribution in [1.82, 2.24) is 10.2 Å². The number of likely N-dealkylation sites (tertiary alicyclic amines) is 1. The Hall–Kier alpha value is -1.06. The standard InChI is InChI=1S/C16H28N2O2/c1-2-3-4-10-17-15(19)13-8-11-18(12-9-13)16(20)14-6-5-7-14/h13-14H,2-12H2,1H3,(H,17,19). The second-order valence-electron chi connectivity index (χ2n) is 6.23. The molecule has 2 rings (SSSR count). The smallest absolute Gasteiger partial charge is 0.225 e. The van der Waals surface area contributed by atoms with Crippen molar-refractivity contribution in [3.8, 4) is 0 Å². The van der Waals surface area contributed by atoms with Crippen LogP contribution < -0.4 is 5.32 Å². The van der Waals surface area contributed by atoms with Crippen LogP contribution in [0, 0.1) is 11.8 Å². The fraction of sp³-hybridized carbons (Fsp3) is 0.875. The zero-order chi connectivity index (χ0) is 14.4. The third-order valence-corrected chi connectivity index (χ3v) is 4.71. The summed E-state index contributed by atoms with van der Waals surface area (Å²) in [5.41, 5.74) is 0. The number of nitrogens with one attached hydrogen (secondary N) is 1. The van der Waals surface area contributed by atoms with Crippen molar-refractivity contribution < 1.29 is 9.59 Å². The second-order valence-corrected chi connectivity index (χ2v) is 6.23. The first-order valence-electron chi connectivity index (χ1n) is 8.29. The minimum Gasteiger partial charge on any atom is -0.356 e. The zero-order valence-corrected chi connectivity index (χ0v) is 12.7. The van der Waals surface area contributed by atoms with Crippen LogP contribution in [0.5, 0.6) is 0 Å². The van der Waals surface area contributed by atoms with Gasteiger partial charge in [-0.15, -0.1) is 0 Å². The summed E-state index contributed by atoms with van der Waals surface area (Å²) < 4.78 is 0. The highest BCUT2D eigenvalue weighted by molar-refractivity contribution is 5.81. The van der Waals surface area contributed by atoms with E-state index in [1.807, 2.05) is 4.90 Å². The maximum absolute atomic E-state index is 12.1.